The molecule has 3 atom stereocenters. The first-order valence-corrected chi connectivity index (χ1v) is 8.10. The van der Waals surface area contributed by atoms with Crippen LogP contribution in [0.5, 0.6) is 11.5 Å². The van der Waals surface area contributed by atoms with Gasteiger partial charge in [-0.15, -0.1) is 0 Å². The van der Waals surface area contributed by atoms with Crippen molar-refractivity contribution in [1.29, 1.82) is 0 Å². The van der Waals surface area contributed by atoms with Crippen molar-refractivity contribution in [2.24, 2.45) is 17.8 Å². The van der Waals surface area contributed by atoms with E-state index in [9.17, 15) is 5.11 Å². The van der Waals surface area contributed by atoms with E-state index in [-0.39, 0.29) is 6.61 Å². The number of aliphatic hydroxyl groups is 1. The van der Waals surface area contributed by atoms with E-state index in [4.69, 9.17) is 9.47 Å². The highest BCUT2D eigenvalue weighted by Gasteiger charge is 2.39. The lowest BCUT2D eigenvalue weighted by molar-refractivity contribution is 0.188. The Morgan fingerprint density at radius 2 is 2.15 bits per heavy atom. The molecular formula is C16H21BrO3. The molecule has 2 fully saturated rings. The predicted molar refractivity (Wildman–Crippen MR) is 81.0 cm³/mol. The maximum absolute atomic E-state index is 9.23. The second-order valence-electron chi connectivity index (χ2n) is 6.01. The Morgan fingerprint density at radius 3 is 2.75 bits per heavy atom. The summed E-state index contributed by atoms with van der Waals surface area (Å²) in [6.07, 6.45) is 5.51. The number of rotatable bonds is 5. The van der Waals surface area contributed by atoms with Gasteiger partial charge in [-0.25, -0.2) is 0 Å². The van der Waals surface area contributed by atoms with Gasteiger partial charge in [0, 0.05) is 0 Å². The molecule has 0 aromatic heterocycles. The van der Waals surface area contributed by atoms with Gasteiger partial charge in [-0.3, -0.25) is 0 Å². The van der Waals surface area contributed by atoms with Crippen LogP contribution in [0.1, 0.15) is 31.2 Å². The molecule has 0 aliphatic heterocycles. The van der Waals surface area contributed by atoms with Gasteiger partial charge < -0.3 is 14.6 Å². The Morgan fingerprint density at radius 1 is 1.30 bits per heavy atom. The zero-order valence-electron chi connectivity index (χ0n) is 11.8. The van der Waals surface area contributed by atoms with Crippen LogP contribution in [0, 0.1) is 17.8 Å². The number of fused-ring (bicyclic) bond motifs is 2. The van der Waals surface area contributed by atoms with Gasteiger partial charge in [0.15, 0.2) is 11.5 Å². The maximum atomic E-state index is 9.23. The average molecular weight is 341 g/mol. The molecular weight excluding hydrogens is 320 g/mol. The molecule has 3 unspecified atom stereocenters. The Hall–Kier alpha value is -0.740. The van der Waals surface area contributed by atoms with Crippen LogP contribution in [0.25, 0.3) is 0 Å². The van der Waals surface area contributed by atoms with E-state index >= 15 is 0 Å². The van der Waals surface area contributed by atoms with Crippen LogP contribution in [0.15, 0.2) is 16.6 Å². The van der Waals surface area contributed by atoms with Crippen molar-refractivity contribution >= 4 is 15.9 Å². The number of ether oxygens (including phenoxy) is 2. The van der Waals surface area contributed by atoms with E-state index < -0.39 is 0 Å². The SMILES string of the molecule is COc1cc(CO)cc(Br)c1OCC1CC2CCC1C2. The summed E-state index contributed by atoms with van der Waals surface area (Å²) in [5.74, 6) is 3.94. The maximum Gasteiger partial charge on any atom is 0.175 e. The molecule has 2 aliphatic carbocycles. The zero-order chi connectivity index (χ0) is 14.1. The molecule has 3 rings (SSSR count). The summed E-state index contributed by atoms with van der Waals surface area (Å²) in [5.41, 5.74) is 0.820. The van der Waals surface area contributed by atoms with Gasteiger partial charge >= 0.3 is 0 Å². The minimum atomic E-state index is 0.00161. The van der Waals surface area contributed by atoms with Crippen LogP contribution >= 0.6 is 15.9 Å². The highest BCUT2D eigenvalue weighted by molar-refractivity contribution is 9.10. The number of aliphatic hydroxyl groups excluding tert-OH is 1. The minimum Gasteiger partial charge on any atom is -0.493 e. The number of benzene rings is 1. The lowest BCUT2D eigenvalue weighted by Crippen LogP contribution is -2.18. The number of hydrogen-bond acceptors (Lipinski definition) is 3. The Balaban J connectivity index is 1.70. The summed E-state index contributed by atoms with van der Waals surface area (Å²) in [5, 5.41) is 9.23. The first kappa shape index (κ1) is 14.2. The first-order valence-electron chi connectivity index (χ1n) is 7.31. The summed E-state index contributed by atoms with van der Waals surface area (Å²) in [6, 6.07) is 3.72. The van der Waals surface area contributed by atoms with Gasteiger partial charge in [0.1, 0.15) is 0 Å². The molecule has 0 heterocycles. The summed E-state index contributed by atoms with van der Waals surface area (Å²) in [6.45, 7) is 0.774. The van der Waals surface area contributed by atoms with Crippen molar-refractivity contribution in [2.45, 2.75) is 32.3 Å². The number of hydrogen-bond donors (Lipinski definition) is 1. The molecule has 2 aliphatic rings. The quantitative estimate of drug-likeness (QED) is 0.886. The molecule has 0 saturated heterocycles. The smallest absolute Gasteiger partial charge is 0.175 e. The summed E-state index contributed by atoms with van der Waals surface area (Å²) >= 11 is 3.51. The average Bonchev–Trinajstić information content (AvgIpc) is 3.07. The predicted octanol–water partition coefficient (Wildman–Crippen LogP) is 3.77. The Kier molecular flexibility index (Phi) is 4.22. The van der Waals surface area contributed by atoms with Gasteiger partial charge in [0.2, 0.25) is 0 Å². The van der Waals surface area contributed by atoms with E-state index in [1.54, 1.807) is 7.11 Å². The van der Waals surface area contributed by atoms with Gasteiger partial charge in [0.05, 0.1) is 24.8 Å². The largest absolute Gasteiger partial charge is 0.493 e. The van der Waals surface area contributed by atoms with E-state index in [1.165, 1.54) is 25.7 Å². The molecule has 1 aromatic carbocycles. The fraction of sp³-hybridized carbons (Fsp3) is 0.625. The van der Waals surface area contributed by atoms with Crippen molar-refractivity contribution in [3.63, 3.8) is 0 Å². The van der Waals surface area contributed by atoms with Crippen molar-refractivity contribution in [2.75, 3.05) is 13.7 Å². The van der Waals surface area contributed by atoms with Crippen LogP contribution in [-0.4, -0.2) is 18.8 Å². The van der Waals surface area contributed by atoms with Crippen molar-refractivity contribution in [1.82, 2.24) is 0 Å². The number of halogens is 1. The van der Waals surface area contributed by atoms with E-state index in [0.717, 1.165) is 34.2 Å². The van der Waals surface area contributed by atoms with Crippen LogP contribution in [0.4, 0.5) is 0 Å². The molecule has 110 valence electrons. The highest BCUT2D eigenvalue weighted by atomic mass is 79.9. The zero-order valence-corrected chi connectivity index (χ0v) is 13.4. The van der Waals surface area contributed by atoms with Crippen LogP contribution in [0.3, 0.4) is 0 Å². The third kappa shape index (κ3) is 2.68. The standard InChI is InChI=1S/C16H21BrO3/c1-19-15-7-11(8-18)6-14(17)16(15)20-9-13-5-10-2-3-12(13)4-10/h6-7,10,12-13,18H,2-5,8-9H2,1H3. The van der Waals surface area contributed by atoms with Gasteiger partial charge in [-0.1, -0.05) is 6.42 Å². The minimum absolute atomic E-state index is 0.00161. The van der Waals surface area contributed by atoms with Gasteiger partial charge in [-0.2, -0.15) is 0 Å². The summed E-state index contributed by atoms with van der Waals surface area (Å²) < 4.78 is 12.3. The van der Waals surface area contributed by atoms with Crippen molar-refractivity contribution < 1.29 is 14.6 Å². The van der Waals surface area contributed by atoms with Crippen molar-refractivity contribution in [3.05, 3.63) is 22.2 Å². The third-order valence-corrected chi connectivity index (χ3v) is 5.39. The monoisotopic (exact) mass is 340 g/mol. The second-order valence-corrected chi connectivity index (χ2v) is 6.87. The molecule has 20 heavy (non-hydrogen) atoms. The highest BCUT2D eigenvalue weighted by Crippen LogP contribution is 2.48. The fourth-order valence-corrected chi connectivity index (χ4v) is 4.38. The Labute approximate surface area is 128 Å². The molecule has 0 spiro atoms. The molecule has 1 aromatic rings. The Bertz CT molecular complexity index is 489. The van der Waals surface area contributed by atoms with Crippen LogP contribution < -0.4 is 9.47 Å². The molecule has 2 saturated carbocycles. The first-order chi connectivity index (χ1) is 9.71. The van der Waals surface area contributed by atoms with Gasteiger partial charge in [0.25, 0.3) is 0 Å². The molecule has 1 N–H and O–H groups in total. The van der Waals surface area contributed by atoms with Gasteiger partial charge in [-0.05, 0) is 70.6 Å². The van der Waals surface area contributed by atoms with Crippen LogP contribution in [-0.2, 0) is 6.61 Å². The van der Waals surface area contributed by atoms with E-state index in [2.05, 4.69) is 15.9 Å². The molecule has 0 radical (unpaired) electrons. The molecule has 0 amide bonds. The third-order valence-electron chi connectivity index (χ3n) is 4.80. The van der Waals surface area contributed by atoms with E-state index in [0.29, 0.717) is 11.7 Å². The summed E-state index contributed by atoms with van der Waals surface area (Å²) in [4.78, 5) is 0. The van der Waals surface area contributed by atoms with Crippen molar-refractivity contribution in [3.8, 4) is 11.5 Å². The topological polar surface area (TPSA) is 38.7 Å². The lowest BCUT2D eigenvalue weighted by Gasteiger charge is -2.23. The molecule has 2 bridgehead atoms. The summed E-state index contributed by atoms with van der Waals surface area (Å²) in [7, 11) is 1.63. The number of methoxy groups -OCH3 is 1. The lowest BCUT2D eigenvalue weighted by atomic mass is 9.89. The molecule has 3 nitrogen and oxygen atoms in total. The van der Waals surface area contributed by atoms with E-state index in [1.807, 2.05) is 12.1 Å². The normalized spacial score (nSPS) is 27.9. The molecule has 4 heteroatoms. The second kappa shape index (κ2) is 5.94. The van der Waals surface area contributed by atoms with Crippen LogP contribution in [0.2, 0.25) is 0 Å². The fourth-order valence-electron chi connectivity index (χ4n) is 3.78.